The lowest BCUT2D eigenvalue weighted by molar-refractivity contribution is 0.318. The molecule has 0 aliphatic rings. The summed E-state index contributed by atoms with van der Waals surface area (Å²) in [5.41, 5.74) is 0.692. The van der Waals surface area contributed by atoms with Crippen molar-refractivity contribution in [1.29, 1.82) is 0 Å². The summed E-state index contributed by atoms with van der Waals surface area (Å²) in [6, 6.07) is 21.5. The number of aromatic amines is 1. The standard InChI is InChI=1S/C20H20N2O2S2/c23-19-14-16(15-26-18-10-5-2-6-11-18)21-20(22-19)25-13-7-12-24-17-8-3-1-4-9-17/h1-6,8-11,14H,7,12-13,15H2,(H,21,22,23). The van der Waals surface area contributed by atoms with Gasteiger partial charge in [0.15, 0.2) is 5.16 Å². The Morgan fingerprint density at radius 2 is 1.69 bits per heavy atom. The van der Waals surface area contributed by atoms with Crippen molar-refractivity contribution < 1.29 is 4.74 Å². The molecule has 0 unspecified atom stereocenters. The topological polar surface area (TPSA) is 55.0 Å². The Hall–Kier alpha value is -2.18. The summed E-state index contributed by atoms with van der Waals surface area (Å²) < 4.78 is 5.67. The van der Waals surface area contributed by atoms with Crippen molar-refractivity contribution in [2.75, 3.05) is 12.4 Å². The number of hydrogen-bond donors (Lipinski definition) is 1. The quantitative estimate of drug-likeness (QED) is 0.331. The minimum atomic E-state index is -0.105. The Morgan fingerprint density at radius 1 is 0.962 bits per heavy atom. The molecular formula is C20H20N2O2S2. The molecule has 26 heavy (non-hydrogen) atoms. The molecule has 0 atom stereocenters. The second-order valence-corrected chi connectivity index (χ2v) is 7.64. The molecule has 1 heterocycles. The summed E-state index contributed by atoms with van der Waals surface area (Å²) in [5.74, 6) is 2.40. The zero-order chi connectivity index (χ0) is 18.0. The van der Waals surface area contributed by atoms with Gasteiger partial charge in [-0.05, 0) is 30.7 Å². The molecule has 0 fully saturated rings. The monoisotopic (exact) mass is 384 g/mol. The predicted molar refractivity (Wildman–Crippen MR) is 108 cm³/mol. The molecular weight excluding hydrogens is 364 g/mol. The van der Waals surface area contributed by atoms with Crippen molar-refractivity contribution in [2.24, 2.45) is 0 Å². The van der Waals surface area contributed by atoms with Crippen molar-refractivity contribution in [3.05, 3.63) is 82.8 Å². The molecule has 0 bridgehead atoms. The van der Waals surface area contributed by atoms with Crippen molar-refractivity contribution in [3.63, 3.8) is 0 Å². The van der Waals surface area contributed by atoms with Crippen LogP contribution in [0.15, 0.2) is 81.6 Å². The zero-order valence-electron chi connectivity index (χ0n) is 14.3. The molecule has 2 aromatic carbocycles. The smallest absolute Gasteiger partial charge is 0.251 e. The van der Waals surface area contributed by atoms with E-state index in [0.29, 0.717) is 17.5 Å². The molecule has 134 valence electrons. The fraction of sp³-hybridized carbons (Fsp3) is 0.200. The normalized spacial score (nSPS) is 10.6. The average molecular weight is 385 g/mol. The lowest BCUT2D eigenvalue weighted by Gasteiger charge is -2.06. The molecule has 0 saturated heterocycles. The van der Waals surface area contributed by atoms with E-state index in [-0.39, 0.29) is 5.56 Å². The summed E-state index contributed by atoms with van der Waals surface area (Å²) in [5, 5.41) is 0.667. The lowest BCUT2D eigenvalue weighted by atomic mass is 10.3. The first-order valence-electron chi connectivity index (χ1n) is 8.38. The molecule has 0 aliphatic carbocycles. The number of thioether (sulfide) groups is 2. The third-order valence-corrected chi connectivity index (χ3v) is 5.45. The van der Waals surface area contributed by atoms with Crippen molar-refractivity contribution in [1.82, 2.24) is 9.97 Å². The van der Waals surface area contributed by atoms with Crippen LogP contribution in [0.5, 0.6) is 5.75 Å². The van der Waals surface area contributed by atoms with Gasteiger partial charge in [0.2, 0.25) is 0 Å². The Labute approximate surface area is 161 Å². The Kier molecular flexibility index (Phi) is 7.22. The van der Waals surface area contributed by atoms with Gasteiger partial charge in [-0.1, -0.05) is 48.2 Å². The second kappa shape index (κ2) is 10.1. The van der Waals surface area contributed by atoms with Gasteiger partial charge in [-0.2, -0.15) is 0 Å². The molecule has 4 nitrogen and oxygen atoms in total. The molecule has 1 N–H and O–H groups in total. The van der Waals surface area contributed by atoms with Gasteiger partial charge in [0, 0.05) is 22.5 Å². The molecule has 0 radical (unpaired) electrons. The maximum Gasteiger partial charge on any atom is 0.251 e. The van der Waals surface area contributed by atoms with Crippen molar-refractivity contribution in [3.8, 4) is 5.75 Å². The summed E-state index contributed by atoms with van der Waals surface area (Å²) >= 11 is 3.23. The molecule has 0 saturated carbocycles. The number of rotatable bonds is 9. The van der Waals surface area contributed by atoms with E-state index in [0.717, 1.165) is 23.6 Å². The zero-order valence-corrected chi connectivity index (χ0v) is 15.9. The van der Waals surface area contributed by atoms with Crippen molar-refractivity contribution >= 4 is 23.5 Å². The Balaban J connectivity index is 1.45. The Bertz CT molecular complexity index is 854. The van der Waals surface area contributed by atoms with Crippen LogP contribution in [0.1, 0.15) is 12.1 Å². The van der Waals surface area contributed by atoms with Crippen LogP contribution >= 0.6 is 23.5 Å². The van der Waals surface area contributed by atoms with Crippen LogP contribution < -0.4 is 10.3 Å². The van der Waals surface area contributed by atoms with Crippen LogP contribution in [0, 0.1) is 0 Å². The highest BCUT2D eigenvalue weighted by molar-refractivity contribution is 7.99. The molecule has 3 aromatic rings. The first-order valence-corrected chi connectivity index (χ1v) is 10.4. The van der Waals surface area contributed by atoms with E-state index in [2.05, 4.69) is 22.1 Å². The van der Waals surface area contributed by atoms with Crippen LogP contribution in [0.4, 0.5) is 0 Å². The van der Waals surface area contributed by atoms with Crippen LogP contribution in [0.3, 0.4) is 0 Å². The van der Waals surface area contributed by atoms with E-state index in [4.69, 9.17) is 4.74 Å². The maximum absolute atomic E-state index is 11.9. The Morgan fingerprint density at radius 3 is 2.46 bits per heavy atom. The van der Waals surface area contributed by atoms with E-state index >= 15 is 0 Å². The maximum atomic E-state index is 11.9. The van der Waals surface area contributed by atoms with E-state index < -0.39 is 0 Å². The summed E-state index contributed by atoms with van der Waals surface area (Å²) in [6.45, 7) is 0.644. The average Bonchev–Trinajstić information content (AvgIpc) is 2.67. The first kappa shape index (κ1) is 18.6. The molecule has 1 aromatic heterocycles. The van der Waals surface area contributed by atoms with Gasteiger partial charge in [0.25, 0.3) is 5.56 Å². The number of H-pyrrole nitrogens is 1. The fourth-order valence-electron chi connectivity index (χ4n) is 2.23. The van der Waals surface area contributed by atoms with E-state index in [1.165, 1.54) is 4.90 Å². The highest BCUT2D eigenvalue weighted by Gasteiger charge is 2.04. The predicted octanol–water partition coefficient (Wildman–Crippen LogP) is 4.62. The van der Waals surface area contributed by atoms with Gasteiger partial charge < -0.3 is 9.72 Å². The molecule has 0 amide bonds. The van der Waals surface area contributed by atoms with Gasteiger partial charge in [0.1, 0.15) is 5.75 Å². The third-order valence-electron chi connectivity index (χ3n) is 3.44. The third kappa shape index (κ3) is 6.28. The number of nitrogens with one attached hydrogen (secondary N) is 1. The number of ether oxygens (including phenoxy) is 1. The number of nitrogens with zero attached hydrogens (tertiary/aromatic N) is 1. The number of benzene rings is 2. The molecule has 0 spiro atoms. The number of para-hydroxylation sites is 1. The minimum absolute atomic E-state index is 0.105. The van der Waals surface area contributed by atoms with Crippen LogP contribution in [-0.4, -0.2) is 22.3 Å². The van der Waals surface area contributed by atoms with Gasteiger partial charge in [-0.25, -0.2) is 4.98 Å². The van der Waals surface area contributed by atoms with Gasteiger partial charge in [-0.3, -0.25) is 4.79 Å². The highest BCUT2D eigenvalue weighted by Crippen LogP contribution is 2.22. The first-order chi connectivity index (χ1) is 12.8. The van der Waals surface area contributed by atoms with Gasteiger partial charge in [0.05, 0.1) is 12.3 Å². The van der Waals surface area contributed by atoms with Crippen LogP contribution in [0.2, 0.25) is 0 Å². The minimum Gasteiger partial charge on any atom is -0.494 e. The molecule has 0 aliphatic heterocycles. The largest absolute Gasteiger partial charge is 0.494 e. The van der Waals surface area contributed by atoms with E-state index in [1.807, 2.05) is 48.5 Å². The fourth-order valence-corrected chi connectivity index (χ4v) is 3.86. The highest BCUT2D eigenvalue weighted by atomic mass is 32.2. The molecule has 3 rings (SSSR count). The number of hydrogen-bond acceptors (Lipinski definition) is 5. The van der Waals surface area contributed by atoms with Crippen LogP contribution in [0.25, 0.3) is 0 Å². The molecule has 6 heteroatoms. The second-order valence-electron chi connectivity index (χ2n) is 5.51. The van der Waals surface area contributed by atoms with Gasteiger partial charge in [-0.15, -0.1) is 11.8 Å². The lowest BCUT2D eigenvalue weighted by Crippen LogP contribution is -2.10. The summed E-state index contributed by atoms with van der Waals surface area (Å²) in [6.07, 6.45) is 0.881. The van der Waals surface area contributed by atoms with Crippen LogP contribution in [-0.2, 0) is 5.75 Å². The summed E-state index contributed by atoms with van der Waals surface area (Å²) in [7, 11) is 0. The summed E-state index contributed by atoms with van der Waals surface area (Å²) in [4.78, 5) is 20.4. The van der Waals surface area contributed by atoms with Gasteiger partial charge >= 0.3 is 0 Å². The van der Waals surface area contributed by atoms with E-state index in [1.54, 1.807) is 29.6 Å². The van der Waals surface area contributed by atoms with Crippen molar-refractivity contribution in [2.45, 2.75) is 22.2 Å². The van der Waals surface area contributed by atoms with E-state index in [9.17, 15) is 4.79 Å². The SMILES string of the molecule is O=c1cc(CSc2ccccc2)nc(SCCCOc2ccccc2)[nH]1. The number of aromatic nitrogens is 2.